The Hall–Kier alpha value is -4.59. The number of ketones is 1. The number of aromatic nitrogens is 2. The SMILES string of the molecule is CCCCCOc1ccc(C2C(=C(O)c3nc4c(C)cccn4c3C)C(=O)C(=O)N2CCc2ccccc2)cc1OCC. The number of hydrogen-bond donors (Lipinski definition) is 1. The van der Waals surface area contributed by atoms with Crippen LogP contribution in [0.25, 0.3) is 11.4 Å². The van der Waals surface area contributed by atoms with E-state index in [1.54, 1.807) is 4.90 Å². The fourth-order valence-corrected chi connectivity index (χ4v) is 5.64. The average molecular weight is 582 g/mol. The van der Waals surface area contributed by atoms with Gasteiger partial charge >= 0.3 is 0 Å². The lowest BCUT2D eigenvalue weighted by atomic mass is 9.95. The lowest BCUT2D eigenvalue weighted by Crippen LogP contribution is -2.31. The number of amides is 1. The van der Waals surface area contributed by atoms with Gasteiger partial charge < -0.3 is 23.9 Å². The van der Waals surface area contributed by atoms with Crippen molar-refractivity contribution in [3.8, 4) is 11.5 Å². The van der Waals surface area contributed by atoms with Crippen molar-refractivity contribution in [3.63, 3.8) is 0 Å². The van der Waals surface area contributed by atoms with Crippen LogP contribution in [0, 0.1) is 13.8 Å². The molecule has 43 heavy (non-hydrogen) atoms. The summed E-state index contributed by atoms with van der Waals surface area (Å²) < 4.78 is 13.9. The van der Waals surface area contributed by atoms with Crippen LogP contribution >= 0.6 is 0 Å². The van der Waals surface area contributed by atoms with Crippen LogP contribution in [-0.2, 0) is 16.0 Å². The minimum Gasteiger partial charge on any atom is -0.505 e. The van der Waals surface area contributed by atoms with Crippen molar-refractivity contribution in [1.29, 1.82) is 0 Å². The summed E-state index contributed by atoms with van der Waals surface area (Å²) in [6.45, 7) is 9.09. The molecule has 2 aromatic heterocycles. The van der Waals surface area contributed by atoms with Crippen LogP contribution < -0.4 is 9.47 Å². The first-order valence-corrected chi connectivity index (χ1v) is 15.0. The number of rotatable bonds is 12. The number of Topliss-reactive ketones (excluding diaryl/α,β-unsaturated/α-hetero) is 1. The number of carbonyl (C=O) groups excluding carboxylic acids is 2. The second kappa shape index (κ2) is 13.2. The molecular weight excluding hydrogens is 542 g/mol. The van der Waals surface area contributed by atoms with Crippen molar-refractivity contribution in [3.05, 3.63) is 101 Å². The van der Waals surface area contributed by atoms with E-state index in [0.717, 1.165) is 30.4 Å². The maximum absolute atomic E-state index is 13.7. The van der Waals surface area contributed by atoms with E-state index in [4.69, 9.17) is 14.5 Å². The smallest absolute Gasteiger partial charge is 0.295 e. The number of nitrogens with zero attached hydrogens (tertiary/aromatic N) is 3. The zero-order chi connectivity index (χ0) is 30.5. The minimum atomic E-state index is -0.831. The van der Waals surface area contributed by atoms with Gasteiger partial charge in [0.25, 0.3) is 11.7 Å². The van der Waals surface area contributed by atoms with E-state index in [9.17, 15) is 14.7 Å². The maximum atomic E-state index is 13.7. The first kappa shape index (κ1) is 29.9. The highest BCUT2D eigenvalue weighted by atomic mass is 16.5. The fraction of sp³-hybridized carbons (Fsp3) is 0.343. The van der Waals surface area contributed by atoms with E-state index in [1.807, 2.05) is 92.0 Å². The highest BCUT2D eigenvalue weighted by molar-refractivity contribution is 6.46. The van der Waals surface area contributed by atoms with E-state index in [-0.39, 0.29) is 17.0 Å². The van der Waals surface area contributed by atoms with Crippen molar-refractivity contribution in [2.75, 3.05) is 19.8 Å². The van der Waals surface area contributed by atoms with Crippen LogP contribution in [0.15, 0.2) is 72.4 Å². The van der Waals surface area contributed by atoms with Crippen LogP contribution in [0.2, 0.25) is 0 Å². The molecule has 1 unspecified atom stereocenters. The molecule has 0 radical (unpaired) electrons. The molecule has 1 fully saturated rings. The summed E-state index contributed by atoms with van der Waals surface area (Å²) in [4.78, 5) is 33.5. The molecule has 1 atom stereocenters. The third kappa shape index (κ3) is 6.00. The fourth-order valence-electron chi connectivity index (χ4n) is 5.64. The number of carbonyl (C=O) groups is 2. The second-order valence-electron chi connectivity index (χ2n) is 10.9. The predicted molar refractivity (Wildman–Crippen MR) is 166 cm³/mol. The number of aryl methyl sites for hydroxylation is 2. The van der Waals surface area contributed by atoms with E-state index >= 15 is 0 Å². The van der Waals surface area contributed by atoms with Crippen LogP contribution in [-0.4, -0.2) is 50.8 Å². The van der Waals surface area contributed by atoms with Gasteiger partial charge in [-0.25, -0.2) is 4.98 Å². The highest BCUT2D eigenvalue weighted by Crippen LogP contribution is 2.42. The molecule has 3 heterocycles. The number of fused-ring (bicyclic) bond motifs is 1. The van der Waals surface area contributed by atoms with Crippen LogP contribution in [0.4, 0.5) is 0 Å². The molecule has 8 nitrogen and oxygen atoms in total. The molecular formula is C35H39N3O5. The van der Waals surface area contributed by atoms with Gasteiger partial charge in [-0.1, -0.05) is 62.2 Å². The molecule has 0 spiro atoms. The van der Waals surface area contributed by atoms with Crippen molar-refractivity contribution in [2.24, 2.45) is 0 Å². The highest BCUT2D eigenvalue weighted by Gasteiger charge is 2.46. The quantitative estimate of drug-likeness (QED) is 0.0879. The third-order valence-corrected chi connectivity index (χ3v) is 7.92. The lowest BCUT2D eigenvalue weighted by molar-refractivity contribution is -0.139. The Morgan fingerprint density at radius 3 is 2.47 bits per heavy atom. The van der Waals surface area contributed by atoms with Gasteiger partial charge in [-0.15, -0.1) is 0 Å². The molecule has 1 N–H and O–H groups in total. The number of aliphatic hydroxyl groups excluding tert-OH is 1. The third-order valence-electron chi connectivity index (χ3n) is 7.92. The van der Waals surface area contributed by atoms with Crippen molar-refractivity contribution >= 4 is 23.1 Å². The van der Waals surface area contributed by atoms with Crippen LogP contribution in [0.5, 0.6) is 11.5 Å². The Morgan fingerprint density at radius 1 is 0.953 bits per heavy atom. The van der Waals surface area contributed by atoms with E-state index in [1.165, 1.54) is 0 Å². The number of aliphatic hydroxyl groups is 1. The summed E-state index contributed by atoms with van der Waals surface area (Å²) in [5, 5.41) is 11.8. The molecule has 1 aliphatic rings. The monoisotopic (exact) mass is 581 g/mol. The summed E-state index contributed by atoms with van der Waals surface area (Å²) in [5.41, 5.74) is 4.27. The van der Waals surface area contributed by atoms with Crippen molar-refractivity contribution in [2.45, 2.75) is 59.4 Å². The zero-order valence-corrected chi connectivity index (χ0v) is 25.3. The predicted octanol–water partition coefficient (Wildman–Crippen LogP) is 6.58. The molecule has 1 amide bonds. The Kier molecular flexibility index (Phi) is 9.14. The van der Waals surface area contributed by atoms with Crippen molar-refractivity contribution in [1.82, 2.24) is 14.3 Å². The summed E-state index contributed by atoms with van der Waals surface area (Å²) >= 11 is 0. The molecule has 1 aliphatic heterocycles. The van der Waals surface area contributed by atoms with Gasteiger partial charge in [0, 0.05) is 12.7 Å². The number of unbranched alkanes of at least 4 members (excludes halogenated alkanes) is 2. The number of pyridine rings is 1. The molecule has 224 valence electrons. The molecule has 1 saturated heterocycles. The van der Waals surface area contributed by atoms with Crippen LogP contribution in [0.3, 0.4) is 0 Å². The zero-order valence-electron chi connectivity index (χ0n) is 25.3. The molecule has 0 bridgehead atoms. The van der Waals surface area contributed by atoms with Gasteiger partial charge in [-0.3, -0.25) is 9.59 Å². The number of imidazole rings is 1. The Bertz CT molecular complexity index is 1660. The van der Waals surface area contributed by atoms with Crippen molar-refractivity contribution < 1.29 is 24.2 Å². The van der Waals surface area contributed by atoms with Gasteiger partial charge in [-0.2, -0.15) is 0 Å². The molecule has 4 aromatic rings. The Labute approximate surface area is 252 Å². The van der Waals surface area contributed by atoms with Gasteiger partial charge in [0.15, 0.2) is 17.3 Å². The van der Waals surface area contributed by atoms with E-state index in [2.05, 4.69) is 6.92 Å². The molecule has 2 aromatic carbocycles. The molecule has 8 heteroatoms. The van der Waals surface area contributed by atoms with E-state index in [0.29, 0.717) is 54.6 Å². The Morgan fingerprint density at radius 2 is 1.74 bits per heavy atom. The van der Waals surface area contributed by atoms with Gasteiger partial charge in [0.1, 0.15) is 11.3 Å². The second-order valence-corrected chi connectivity index (χ2v) is 10.9. The molecule has 0 aliphatic carbocycles. The lowest BCUT2D eigenvalue weighted by Gasteiger charge is -2.26. The average Bonchev–Trinajstić information content (AvgIpc) is 3.49. The Balaban J connectivity index is 1.61. The normalized spacial score (nSPS) is 16.3. The summed E-state index contributed by atoms with van der Waals surface area (Å²) in [5.74, 6) is -0.539. The standard InChI is InChI=1S/C35H39N3O5/c1-5-7-11-21-43-27-17-16-26(22-28(27)42-6-2)31-29(32(39)30-24(4)37-19-12-13-23(3)34(37)36-30)33(40)35(41)38(31)20-18-25-14-9-8-10-15-25/h8-10,12-17,19,22,31,39H,5-7,11,18,20-21H2,1-4H3. The maximum Gasteiger partial charge on any atom is 0.295 e. The first-order chi connectivity index (χ1) is 20.8. The summed E-state index contributed by atoms with van der Waals surface area (Å²) in [6.07, 6.45) is 5.51. The first-order valence-electron chi connectivity index (χ1n) is 15.0. The topological polar surface area (TPSA) is 93.4 Å². The number of benzene rings is 2. The van der Waals surface area contributed by atoms with Gasteiger partial charge in [-0.05, 0) is 68.5 Å². The van der Waals surface area contributed by atoms with Gasteiger partial charge in [0.2, 0.25) is 0 Å². The van der Waals surface area contributed by atoms with Gasteiger partial charge in [0.05, 0.1) is 30.5 Å². The summed E-state index contributed by atoms with van der Waals surface area (Å²) in [7, 11) is 0. The van der Waals surface area contributed by atoms with E-state index < -0.39 is 17.7 Å². The number of ether oxygens (including phenoxy) is 2. The largest absolute Gasteiger partial charge is 0.505 e. The summed E-state index contributed by atoms with van der Waals surface area (Å²) in [6, 6.07) is 18.3. The van der Waals surface area contributed by atoms with Crippen LogP contribution in [0.1, 0.15) is 67.2 Å². The molecule has 5 rings (SSSR count). The molecule has 0 saturated carbocycles. The number of hydrogen-bond acceptors (Lipinski definition) is 6. The number of likely N-dealkylation sites (tertiary alicyclic amines) is 1. The minimum absolute atomic E-state index is 0.0151.